The van der Waals surface area contributed by atoms with Crippen molar-refractivity contribution in [1.82, 2.24) is 4.90 Å². The summed E-state index contributed by atoms with van der Waals surface area (Å²) in [6.07, 6.45) is 4.96. The van der Waals surface area contributed by atoms with Crippen LogP contribution >= 0.6 is 0 Å². The Balaban J connectivity index is 1.67. The number of hydrogen-bond donors (Lipinski definition) is 0. The summed E-state index contributed by atoms with van der Waals surface area (Å²) in [6.45, 7) is 5.62. The molecule has 2 heterocycles. The fraction of sp³-hybridized carbons (Fsp3) is 0.385. The van der Waals surface area contributed by atoms with Crippen LogP contribution in [0.2, 0.25) is 0 Å². The number of ketones is 1. The van der Waals surface area contributed by atoms with Crippen LogP contribution in [0.3, 0.4) is 0 Å². The molecule has 4 nitrogen and oxygen atoms in total. The highest BCUT2D eigenvalue weighted by Gasteiger charge is 2.52. The maximum absolute atomic E-state index is 13.6. The van der Waals surface area contributed by atoms with E-state index in [-0.39, 0.29) is 35.8 Å². The molecule has 4 atom stereocenters. The van der Waals surface area contributed by atoms with Crippen LogP contribution in [-0.4, -0.2) is 34.5 Å². The van der Waals surface area contributed by atoms with Gasteiger partial charge in [-0.3, -0.25) is 9.69 Å². The van der Waals surface area contributed by atoms with E-state index in [4.69, 9.17) is 4.74 Å². The van der Waals surface area contributed by atoms with E-state index in [0.717, 1.165) is 11.1 Å². The van der Waals surface area contributed by atoms with Crippen LogP contribution in [0.15, 0.2) is 72.8 Å². The molecule has 2 bridgehead atoms. The molecule has 156 valence electrons. The van der Waals surface area contributed by atoms with E-state index < -0.39 is 5.60 Å². The van der Waals surface area contributed by atoms with E-state index in [1.807, 2.05) is 93.6 Å². The quantitative estimate of drug-likeness (QED) is 0.687. The number of carbonyl (C=O) groups is 2. The molecule has 4 heteroatoms. The Labute approximate surface area is 178 Å². The minimum absolute atomic E-state index is 0.238. The van der Waals surface area contributed by atoms with Gasteiger partial charge < -0.3 is 4.74 Å². The molecule has 0 saturated carbocycles. The van der Waals surface area contributed by atoms with Gasteiger partial charge in [-0.25, -0.2) is 4.79 Å². The molecule has 0 N–H and O–H groups in total. The number of amides is 1. The number of hydrogen-bond acceptors (Lipinski definition) is 3. The Morgan fingerprint density at radius 1 is 0.833 bits per heavy atom. The third-order valence-corrected chi connectivity index (χ3v) is 5.90. The van der Waals surface area contributed by atoms with Crippen molar-refractivity contribution in [3.63, 3.8) is 0 Å². The van der Waals surface area contributed by atoms with Gasteiger partial charge in [0, 0.05) is 11.8 Å². The highest BCUT2D eigenvalue weighted by Crippen LogP contribution is 2.40. The first-order valence-corrected chi connectivity index (χ1v) is 10.6. The highest BCUT2D eigenvalue weighted by atomic mass is 16.6. The number of piperidine rings is 1. The van der Waals surface area contributed by atoms with Crippen molar-refractivity contribution >= 4 is 11.9 Å². The molecule has 0 aromatic heterocycles. The van der Waals surface area contributed by atoms with Crippen molar-refractivity contribution in [1.29, 1.82) is 0 Å². The van der Waals surface area contributed by atoms with E-state index in [1.165, 1.54) is 0 Å². The maximum atomic E-state index is 13.6. The van der Waals surface area contributed by atoms with Crippen molar-refractivity contribution in [3.8, 4) is 0 Å². The molecule has 1 saturated heterocycles. The molecule has 0 radical (unpaired) electrons. The second kappa shape index (κ2) is 8.10. The van der Waals surface area contributed by atoms with Gasteiger partial charge in [0.1, 0.15) is 11.4 Å². The van der Waals surface area contributed by atoms with Gasteiger partial charge in [0.2, 0.25) is 0 Å². The molecule has 4 rings (SSSR count). The Bertz CT molecular complexity index is 868. The van der Waals surface area contributed by atoms with Gasteiger partial charge in [-0.15, -0.1) is 0 Å². The zero-order valence-electron chi connectivity index (χ0n) is 17.8. The van der Waals surface area contributed by atoms with E-state index in [0.29, 0.717) is 12.8 Å². The lowest BCUT2D eigenvalue weighted by Crippen LogP contribution is -2.59. The van der Waals surface area contributed by atoms with Crippen LogP contribution in [0, 0.1) is 11.8 Å². The lowest BCUT2D eigenvalue weighted by molar-refractivity contribution is -0.134. The van der Waals surface area contributed by atoms with Gasteiger partial charge in [-0.2, -0.15) is 0 Å². The lowest BCUT2D eigenvalue weighted by Gasteiger charge is -2.44. The van der Waals surface area contributed by atoms with Gasteiger partial charge in [0.25, 0.3) is 0 Å². The molecule has 2 aromatic rings. The first-order chi connectivity index (χ1) is 14.3. The van der Waals surface area contributed by atoms with Crippen LogP contribution in [0.4, 0.5) is 4.79 Å². The number of Topliss-reactive ketones (excluding diaryl/α,β-unsaturated/α-hetero) is 1. The second-order valence-corrected chi connectivity index (χ2v) is 9.25. The summed E-state index contributed by atoms with van der Waals surface area (Å²) in [5.41, 5.74) is 1.64. The zero-order chi connectivity index (χ0) is 21.3. The Morgan fingerprint density at radius 3 is 1.67 bits per heavy atom. The van der Waals surface area contributed by atoms with Gasteiger partial charge >= 0.3 is 6.09 Å². The molecule has 2 aliphatic heterocycles. The van der Waals surface area contributed by atoms with Crippen LogP contribution in [0.25, 0.3) is 0 Å². The molecule has 4 unspecified atom stereocenters. The van der Waals surface area contributed by atoms with Gasteiger partial charge in [-0.05, 0) is 44.7 Å². The van der Waals surface area contributed by atoms with Crippen molar-refractivity contribution in [2.45, 2.75) is 51.3 Å². The number of fused-ring (bicyclic) bond motifs is 2. The first kappa shape index (κ1) is 20.4. The number of benzene rings is 2. The first-order valence-electron chi connectivity index (χ1n) is 10.6. The van der Waals surface area contributed by atoms with Gasteiger partial charge in [-0.1, -0.05) is 72.8 Å². The van der Waals surface area contributed by atoms with Crippen molar-refractivity contribution < 1.29 is 14.3 Å². The second-order valence-electron chi connectivity index (χ2n) is 9.25. The number of carbonyl (C=O) groups excluding carboxylic acids is 2. The smallest absolute Gasteiger partial charge is 0.411 e. The molecule has 1 fully saturated rings. The number of ether oxygens (including phenoxy) is 1. The van der Waals surface area contributed by atoms with E-state index in [2.05, 4.69) is 0 Å². The van der Waals surface area contributed by atoms with E-state index in [1.54, 1.807) is 4.90 Å². The minimum Gasteiger partial charge on any atom is -0.444 e. The average molecular weight is 404 g/mol. The molecule has 30 heavy (non-hydrogen) atoms. The predicted molar refractivity (Wildman–Crippen MR) is 117 cm³/mol. The third kappa shape index (κ3) is 4.18. The van der Waals surface area contributed by atoms with Gasteiger partial charge in [0.05, 0.1) is 12.1 Å². The minimum atomic E-state index is -0.582. The number of nitrogens with zero attached hydrogens (tertiary/aromatic N) is 1. The highest BCUT2D eigenvalue weighted by molar-refractivity contribution is 5.90. The van der Waals surface area contributed by atoms with E-state index >= 15 is 0 Å². The topological polar surface area (TPSA) is 46.6 Å². The molecular formula is C26H29NO3. The average Bonchev–Trinajstić information content (AvgIpc) is 3.09. The van der Waals surface area contributed by atoms with Crippen molar-refractivity contribution in [2.24, 2.45) is 11.8 Å². The summed E-state index contributed by atoms with van der Waals surface area (Å²) in [7, 11) is 0. The van der Waals surface area contributed by atoms with Crippen molar-refractivity contribution in [3.05, 3.63) is 83.9 Å². The normalized spacial score (nSPS) is 25.4. The third-order valence-electron chi connectivity index (χ3n) is 5.90. The van der Waals surface area contributed by atoms with Gasteiger partial charge in [0.15, 0.2) is 0 Å². The lowest BCUT2D eigenvalue weighted by atomic mass is 9.75. The number of rotatable bonds is 4. The molecular weight excluding hydrogens is 374 g/mol. The molecule has 2 aromatic carbocycles. The predicted octanol–water partition coefficient (Wildman–Crippen LogP) is 4.83. The summed E-state index contributed by atoms with van der Waals surface area (Å²) < 4.78 is 5.73. The largest absolute Gasteiger partial charge is 0.444 e. The Hall–Kier alpha value is -2.88. The Morgan fingerprint density at radius 2 is 1.27 bits per heavy atom. The fourth-order valence-corrected chi connectivity index (χ4v) is 4.62. The Kier molecular flexibility index (Phi) is 5.50. The monoisotopic (exact) mass is 403 g/mol. The van der Waals surface area contributed by atoms with Crippen LogP contribution in [0.5, 0.6) is 0 Å². The summed E-state index contributed by atoms with van der Waals surface area (Å²) in [6, 6.07) is 19.6. The molecule has 1 amide bonds. The van der Waals surface area contributed by atoms with E-state index in [9.17, 15) is 9.59 Å². The summed E-state index contributed by atoms with van der Waals surface area (Å²) in [5.74, 6) is -0.310. The zero-order valence-corrected chi connectivity index (χ0v) is 17.8. The molecule has 2 aliphatic rings. The fourth-order valence-electron chi connectivity index (χ4n) is 4.62. The SMILES string of the molecule is CC(C)(C)OC(=O)N1C2C=CC1C(Cc1ccccc1)C(=O)C2Cc1ccccc1. The molecule has 0 aliphatic carbocycles. The van der Waals surface area contributed by atoms with Crippen LogP contribution in [0.1, 0.15) is 31.9 Å². The molecule has 0 spiro atoms. The summed E-state index contributed by atoms with van der Waals surface area (Å²) in [5, 5.41) is 0. The summed E-state index contributed by atoms with van der Waals surface area (Å²) >= 11 is 0. The standard InChI is InChI=1S/C26H29NO3/c1-26(2,3)30-25(29)27-22-14-15-23(27)21(17-19-12-8-5-9-13-19)24(28)20(22)16-18-10-6-4-7-11-18/h4-15,20-23H,16-17H2,1-3H3. The summed E-state index contributed by atoms with van der Waals surface area (Å²) in [4.78, 5) is 28.6. The van der Waals surface area contributed by atoms with Crippen LogP contribution in [-0.2, 0) is 22.4 Å². The van der Waals surface area contributed by atoms with Crippen LogP contribution < -0.4 is 0 Å². The maximum Gasteiger partial charge on any atom is 0.411 e. The van der Waals surface area contributed by atoms with Crippen molar-refractivity contribution in [2.75, 3.05) is 0 Å².